The Bertz CT molecular complexity index is 684. The number of rotatable bonds is 3. The summed E-state index contributed by atoms with van der Waals surface area (Å²) >= 11 is 0. The van der Waals surface area contributed by atoms with E-state index in [9.17, 15) is 4.79 Å². The lowest BCUT2D eigenvalue weighted by Crippen LogP contribution is -2.41. The Kier molecular flexibility index (Phi) is 4.70. The summed E-state index contributed by atoms with van der Waals surface area (Å²) in [6, 6.07) is 10.7. The molecule has 1 fully saturated rings. The average molecular weight is 309 g/mol. The maximum Gasteiger partial charge on any atom is 0.254 e. The molecule has 1 N–H and O–H groups in total. The number of aromatic nitrogens is 2. The van der Waals surface area contributed by atoms with Crippen LogP contribution < -0.4 is 5.32 Å². The van der Waals surface area contributed by atoms with Crippen LogP contribution in [0, 0.1) is 13.8 Å². The molecule has 0 spiro atoms. The number of carbonyl (C=O) groups is 1. The third-order valence-corrected chi connectivity index (χ3v) is 4.65. The summed E-state index contributed by atoms with van der Waals surface area (Å²) in [5.41, 5.74) is 2.63. The molecule has 1 aromatic heterocycles. The Labute approximate surface area is 137 Å². The van der Waals surface area contributed by atoms with Gasteiger partial charge in [-0.2, -0.15) is 0 Å². The van der Waals surface area contributed by atoms with Crippen LogP contribution in [0.15, 0.2) is 36.5 Å². The largest absolute Gasteiger partial charge is 0.349 e. The predicted molar refractivity (Wildman–Crippen MR) is 90.4 cm³/mol. The number of hydrogen-bond donors (Lipinski definition) is 1. The minimum absolute atomic E-state index is 0.0599. The zero-order valence-corrected chi connectivity index (χ0v) is 13.7. The van der Waals surface area contributed by atoms with Gasteiger partial charge in [0.2, 0.25) is 0 Å². The van der Waals surface area contributed by atoms with Crippen LogP contribution in [0.4, 0.5) is 0 Å². The number of amides is 1. The second kappa shape index (κ2) is 6.90. The van der Waals surface area contributed by atoms with Gasteiger partial charge in [0.1, 0.15) is 5.82 Å². The highest BCUT2D eigenvalue weighted by molar-refractivity contribution is 5.95. The Morgan fingerprint density at radius 2 is 1.87 bits per heavy atom. The van der Waals surface area contributed by atoms with Crippen molar-refractivity contribution in [1.29, 1.82) is 0 Å². The van der Waals surface area contributed by atoms with Gasteiger partial charge in [-0.05, 0) is 32.3 Å². The van der Waals surface area contributed by atoms with E-state index in [2.05, 4.69) is 39.6 Å². The summed E-state index contributed by atoms with van der Waals surface area (Å²) < 4.78 is 0. The van der Waals surface area contributed by atoms with Gasteiger partial charge in [0.15, 0.2) is 0 Å². The molecule has 0 bridgehead atoms. The van der Waals surface area contributed by atoms with Gasteiger partial charge in [-0.1, -0.05) is 43.2 Å². The topological polar surface area (TPSA) is 54.9 Å². The van der Waals surface area contributed by atoms with E-state index < -0.39 is 0 Å². The van der Waals surface area contributed by atoms with Crippen molar-refractivity contribution in [2.45, 2.75) is 51.5 Å². The lowest BCUT2D eigenvalue weighted by atomic mass is 9.80. The van der Waals surface area contributed by atoms with E-state index in [4.69, 9.17) is 0 Å². The number of hydrogen-bond acceptors (Lipinski definition) is 3. The monoisotopic (exact) mass is 309 g/mol. The fraction of sp³-hybridized carbons (Fsp3) is 0.421. The van der Waals surface area contributed by atoms with Gasteiger partial charge in [-0.3, -0.25) is 4.79 Å². The molecule has 1 saturated carbocycles. The van der Waals surface area contributed by atoms with Crippen molar-refractivity contribution in [3.63, 3.8) is 0 Å². The van der Waals surface area contributed by atoms with E-state index in [-0.39, 0.29) is 11.9 Å². The maximum atomic E-state index is 12.6. The van der Waals surface area contributed by atoms with Gasteiger partial charge < -0.3 is 5.32 Å². The zero-order valence-electron chi connectivity index (χ0n) is 13.7. The quantitative estimate of drug-likeness (QED) is 0.943. The first-order chi connectivity index (χ1) is 11.1. The van der Waals surface area contributed by atoms with Gasteiger partial charge >= 0.3 is 0 Å². The first-order valence-corrected chi connectivity index (χ1v) is 8.31. The molecule has 4 nitrogen and oxygen atoms in total. The molecule has 1 aliphatic rings. The summed E-state index contributed by atoms with van der Waals surface area (Å²) in [7, 11) is 0. The molecule has 1 aliphatic carbocycles. The molecule has 3 rings (SSSR count). The molecule has 1 heterocycles. The number of benzene rings is 1. The third-order valence-electron chi connectivity index (χ3n) is 4.65. The maximum absolute atomic E-state index is 12.6. The molecule has 0 radical (unpaired) electrons. The fourth-order valence-corrected chi connectivity index (χ4v) is 3.46. The van der Waals surface area contributed by atoms with Crippen molar-refractivity contribution in [2.75, 3.05) is 0 Å². The van der Waals surface area contributed by atoms with Crippen molar-refractivity contribution in [2.24, 2.45) is 0 Å². The highest BCUT2D eigenvalue weighted by atomic mass is 16.1. The minimum atomic E-state index is -0.0599. The van der Waals surface area contributed by atoms with Crippen LogP contribution in [0.25, 0.3) is 0 Å². The fourth-order valence-electron chi connectivity index (χ4n) is 3.46. The SMILES string of the molecule is Cc1ncc(C(=O)N[C@@H]2CCCC[C@H]2c2ccccc2)c(C)n1. The van der Waals surface area contributed by atoms with Crippen molar-refractivity contribution < 1.29 is 4.79 Å². The van der Waals surface area contributed by atoms with Crippen molar-refractivity contribution in [3.8, 4) is 0 Å². The first-order valence-electron chi connectivity index (χ1n) is 8.31. The second-order valence-corrected chi connectivity index (χ2v) is 6.30. The molecule has 120 valence electrons. The molecule has 0 unspecified atom stereocenters. The number of carbonyl (C=O) groups excluding carboxylic acids is 1. The van der Waals surface area contributed by atoms with E-state index in [1.54, 1.807) is 6.20 Å². The summed E-state index contributed by atoms with van der Waals surface area (Å²) in [5, 5.41) is 3.23. The Morgan fingerprint density at radius 1 is 1.13 bits per heavy atom. The van der Waals surface area contributed by atoms with Gasteiger partial charge in [0.05, 0.1) is 11.3 Å². The lowest BCUT2D eigenvalue weighted by Gasteiger charge is -2.32. The van der Waals surface area contributed by atoms with E-state index in [0.717, 1.165) is 25.0 Å². The van der Waals surface area contributed by atoms with Gasteiger partial charge in [0.25, 0.3) is 5.91 Å². The Hall–Kier alpha value is -2.23. The highest BCUT2D eigenvalue weighted by Crippen LogP contribution is 2.33. The summed E-state index contributed by atoms with van der Waals surface area (Å²) in [6.45, 7) is 3.69. The van der Waals surface area contributed by atoms with E-state index in [1.807, 2.05) is 19.9 Å². The lowest BCUT2D eigenvalue weighted by molar-refractivity contribution is 0.0919. The molecule has 0 saturated heterocycles. The molecule has 0 aliphatic heterocycles. The molecular formula is C19H23N3O. The van der Waals surface area contributed by atoms with Crippen molar-refractivity contribution in [3.05, 3.63) is 59.2 Å². The minimum Gasteiger partial charge on any atom is -0.349 e. The van der Waals surface area contributed by atoms with Crippen LogP contribution in [-0.4, -0.2) is 21.9 Å². The summed E-state index contributed by atoms with van der Waals surface area (Å²) in [6.07, 6.45) is 6.17. The molecule has 2 aromatic rings. The summed E-state index contributed by atoms with van der Waals surface area (Å²) in [4.78, 5) is 21.1. The van der Waals surface area contributed by atoms with Crippen LogP contribution in [0.3, 0.4) is 0 Å². The smallest absolute Gasteiger partial charge is 0.254 e. The normalized spacial score (nSPS) is 21.0. The van der Waals surface area contributed by atoms with Gasteiger partial charge in [-0.25, -0.2) is 9.97 Å². The van der Waals surface area contributed by atoms with E-state index >= 15 is 0 Å². The number of aryl methyl sites for hydroxylation is 2. The van der Waals surface area contributed by atoms with Crippen LogP contribution in [0.2, 0.25) is 0 Å². The Morgan fingerprint density at radius 3 is 2.61 bits per heavy atom. The number of nitrogens with one attached hydrogen (secondary N) is 1. The van der Waals surface area contributed by atoms with Crippen molar-refractivity contribution >= 4 is 5.91 Å². The van der Waals surface area contributed by atoms with E-state index in [1.165, 1.54) is 12.0 Å². The van der Waals surface area contributed by atoms with Crippen LogP contribution in [-0.2, 0) is 0 Å². The van der Waals surface area contributed by atoms with E-state index in [0.29, 0.717) is 17.3 Å². The molecule has 1 amide bonds. The number of nitrogens with zero attached hydrogens (tertiary/aromatic N) is 2. The molecule has 23 heavy (non-hydrogen) atoms. The van der Waals surface area contributed by atoms with Gasteiger partial charge in [-0.15, -0.1) is 0 Å². The Balaban J connectivity index is 1.78. The third kappa shape index (κ3) is 3.58. The highest BCUT2D eigenvalue weighted by Gasteiger charge is 2.28. The van der Waals surface area contributed by atoms with Gasteiger partial charge in [0, 0.05) is 18.2 Å². The average Bonchev–Trinajstić information content (AvgIpc) is 2.56. The second-order valence-electron chi connectivity index (χ2n) is 6.30. The predicted octanol–water partition coefficient (Wildman–Crippen LogP) is 3.55. The van der Waals surface area contributed by atoms with Crippen LogP contribution in [0.5, 0.6) is 0 Å². The molecular weight excluding hydrogens is 286 g/mol. The summed E-state index contributed by atoms with van der Waals surface area (Å²) in [5.74, 6) is 1.02. The van der Waals surface area contributed by atoms with Crippen molar-refractivity contribution in [1.82, 2.24) is 15.3 Å². The zero-order chi connectivity index (χ0) is 16.2. The molecule has 2 atom stereocenters. The molecule has 4 heteroatoms. The first kappa shape index (κ1) is 15.7. The van der Waals surface area contributed by atoms with Crippen LogP contribution in [0.1, 0.15) is 59.0 Å². The van der Waals surface area contributed by atoms with Crippen LogP contribution >= 0.6 is 0 Å². The standard InChI is InChI=1S/C19H23N3O/c1-13-17(12-20-14(2)21-13)19(23)22-18-11-7-6-10-16(18)15-8-4-3-5-9-15/h3-5,8-9,12,16,18H,6-7,10-11H2,1-2H3,(H,22,23)/t16-,18+/m0/s1. The molecule has 1 aromatic carbocycles.